The van der Waals surface area contributed by atoms with Crippen LogP contribution < -0.4 is 4.74 Å². The highest BCUT2D eigenvalue weighted by Crippen LogP contribution is 2.34. The van der Waals surface area contributed by atoms with Gasteiger partial charge in [0.1, 0.15) is 5.75 Å². The molecule has 0 amide bonds. The highest BCUT2D eigenvalue weighted by atomic mass is 16.5. The van der Waals surface area contributed by atoms with E-state index < -0.39 is 0 Å². The molecular weight excluding hydrogens is 372 g/mol. The molecule has 0 unspecified atom stereocenters. The lowest BCUT2D eigenvalue weighted by Gasteiger charge is -2.28. The zero-order valence-corrected chi connectivity index (χ0v) is 19.5. The lowest BCUT2D eigenvalue weighted by molar-refractivity contribution is 0.0498. The van der Waals surface area contributed by atoms with E-state index in [-0.39, 0.29) is 5.97 Å². The predicted octanol–water partition coefficient (Wildman–Crippen LogP) is 7.97. The maximum absolute atomic E-state index is 12.1. The number of ether oxygens (including phenoxy) is 2. The molecule has 0 N–H and O–H groups in total. The second-order valence-electron chi connectivity index (χ2n) is 9.09. The molecule has 0 aliphatic heterocycles. The van der Waals surface area contributed by atoms with Crippen molar-refractivity contribution in [1.29, 1.82) is 0 Å². The molecule has 3 nitrogen and oxygen atoms in total. The fourth-order valence-electron chi connectivity index (χ4n) is 4.52. The number of hydrogen-bond acceptors (Lipinski definition) is 3. The van der Waals surface area contributed by atoms with Crippen LogP contribution in [0.1, 0.15) is 114 Å². The van der Waals surface area contributed by atoms with Gasteiger partial charge >= 0.3 is 5.97 Å². The molecule has 1 fully saturated rings. The molecule has 0 spiro atoms. The van der Waals surface area contributed by atoms with Crippen LogP contribution in [0.2, 0.25) is 0 Å². The Hall–Kier alpha value is -1.51. The molecule has 170 valence electrons. The highest BCUT2D eigenvalue weighted by molar-refractivity contribution is 5.89. The van der Waals surface area contributed by atoms with Crippen molar-refractivity contribution in [2.45, 2.75) is 104 Å². The standard InChI is InChI=1S/C27H44O3/c1-3-5-7-9-21-30-27(28)25-17-19-26(20-18-25)29-22-10-12-24-15-13-23(14-16-24)11-8-6-4-2/h17-20,23-24H,3-16,21-22H2,1-2H3. The lowest BCUT2D eigenvalue weighted by atomic mass is 9.78. The summed E-state index contributed by atoms with van der Waals surface area (Å²) in [5.41, 5.74) is 0.605. The second-order valence-corrected chi connectivity index (χ2v) is 9.09. The van der Waals surface area contributed by atoms with Gasteiger partial charge in [-0.05, 0) is 55.4 Å². The van der Waals surface area contributed by atoms with Crippen LogP contribution in [-0.4, -0.2) is 19.2 Å². The zero-order valence-electron chi connectivity index (χ0n) is 19.5. The zero-order chi connectivity index (χ0) is 21.4. The largest absolute Gasteiger partial charge is 0.494 e. The first-order valence-corrected chi connectivity index (χ1v) is 12.6. The number of carbonyl (C=O) groups excluding carboxylic acids is 1. The molecule has 0 atom stereocenters. The molecule has 1 aromatic rings. The van der Waals surface area contributed by atoms with E-state index in [1.165, 1.54) is 70.6 Å². The summed E-state index contributed by atoms with van der Waals surface area (Å²) in [5, 5.41) is 0. The van der Waals surface area contributed by atoms with Crippen LogP contribution in [0.4, 0.5) is 0 Å². The summed E-state index contributed by atoms with van der Waals surface area (Å²) >= 11 is 0. The third-order valence-corrected chi connectivity index (χ3v) is 6.53. The van der Waals surface area contributed by atoms with Gasteiger partial charge in [0.2, 0.25) is 0 Å². The van der Waals surface area contributed by atoms with Crippen molar-refractivity contribution < 1.29 is 14.3 Å². The Bertz CT molecular complexity index is 558. The summed E-state index contributed by atoms with van der Waals surface area (Å²) in [6, 6.07) is 7.39. The van der Waals surface area contributed by atoms with E-state index in [2.05, 4.69) is 13.8 Å². The van der Waals surface area contributed by atoms with Gasteiger partial charge in [-0.15, -0.1) is 0 Å². The van der Waals surface area contributed by atoms with Crippen molar-refractivity contribution in [3.05, 3.63) is 29.8 Å². The minimum absolute atomic E-state index is 0.233. The van der Waals surface area contributed by atoms with Gasteiger partial charge in [0.25, 0.3) is 0 Å². The van der Waals surface area contributed by atoms with E-state index in [0.717, 1.165) is 43.5 Å². The Kier molecular flexibility index (Phi) is 12.6. The van der Waals surface area contributed by atoms with E-state index in [0.29, 0.717) is 12.2 Å². The summed E-state index contributed by atoms with van der Waals surface area (Å²) in [6.45, 7) is 5.74. The number of rotatable bonds is 15. The van der Waals surface area contributed by atoms with Crippen molar-refractivity contribution in [2.75, 3.05) is 13.2 Å². The molecule has 1 aliphatic carbocycles. The van der Waals surface area contributed by atoms with Gasteiger partial charge in [-0.3, -0.25) is 0 Å². The van der Waals surface area contributed by atoms with Crippen LogP contribution in [0.5, 0.6) is 5.75 Å². The smallest absolute Gasteiger partial charge is 0.338 e. The molecule has 1 aliphatic rings. The molecule has 1 saturated carbocycles. The van der Waals surface area contributed by atoms with Crippen LogP contribution in [-0.2, 0) is 4.74 Å². The molecule has 0 saturated heterocycles. The minimum atomic E-state index is -0.233. The van der Waals surface area contributed by atoms with Crippen LogP contribution in [0.3, 0.4) is 0 Å². The van der Waals surface area contributed by atoms with E-state index in [9.17, 15) is 4.79 Å². The lowest BCUT2D eigenvalue weighted by Crippen LogP contribution is -2.15. The normalized spacial score (nSPS) is 18.9. The second kappa shape index (κ2) is 15.3. The molecular formula is C27H44O3. The van der Waals surface area contributed by atoms with Gasteiger partial charge in [0, 0.05) is 0 Å². The fourth-order valence-corrected chi connectivity index (χ4v) is 4.52. The summed E-state index contributed by atoms with van der Waals surface area (Å²) in [6.07, 6.45) is 18.2. The van der Waals surface area contributed by atoms with Crippen molar-refractivity contribution in [1.82, 2.24) is 0 Å². The van der Waals surface area contributed by atoms with Crippen LogP contribution in [0.15, 0.2) is 24.3 Å². The van der Waals surface area contributed by atoms with Gasteiger partial charge in [-0.2, -0.15) is 0 Å². The minimum Gasteiger partial charge on any atom is -0.494 e. The van der Waals surface area contributed by atoms with E-state index in [1.807, 2.05) is 24.3 Å². The maximum Gasteiger partial charge on any atom is 0.338 e. The molecule has 30 heavy (non-hydrogen) atoms. The van der Waals surface area contributed by atoms with Crippen molar-refractivity contribution in [2.24, 2.45) is 11.8 Å². The Balaban J connectivity index is 1.55. The van der Waals surface area contributed by atoms with Crippen LogP contribution in [0, 0.1) is 11.8 Å². The molecule has 0 aromatic heterocycles. The maximum atomic E-state index is 12.1. The molecule has 0 heterocycles. The molecule has 0 radical (unpaired) electrons. The third kappa shape index (κ3) is 10.00. The topological polar surface area (TPSA) is 35.5 Å². The quantitative estimate of drug-likeness (QED) is 0.215. The SMILES string of the molecule is CCCCCCOC(=O)c1ccc(OCCCC2CCC(CCCCC)CC2)cc1. The predicted molar refractivity (Wildman–Crippen MR) is 125 cm³/mol. The molecule has 2 rings (SSSR count). The number of benzene rings is 1. The Morgan fingerprint density at radius 1 is 0.767 bits per heavy atom. The van der Waals surface area contributed by atoms with Crippen molar-refractivity contribution >= 4 is 5.97 Å². The summed E-state index contributed by atoms with van der Waals surface area (Å²) < 4.78 is 11.2. The average molecular weight is 417 g/mol. The molecule has 3 heteroatoms. The Morgan fingerprint density at radius 3 is 2.00 bits per heavy atom. The highest BCUT2D eigenvalue weighted by Gasteiger charge is 2.20. The summed E-state index contributed by atoms with van der Waals surface area (Å²) in [5.74, 6) is 2.49. The first kappa shape index (κ1) is 24.8. The number of carbonyl (C=O) groups is 1. The number of esters is 1. The Morgan fingerprint density at radius 2 is 1.37 bits per heavy atom. The first-order valence-electron chi connectivity index (χ1n) is 12.6. The van der Waals surface area contributed by atoms with E-state index in [4.69, 9.17) is 9.47 Å². The van der Waals surface area contributed by atoms with Gasteiger partial charge in [-0.25, -0.2) is 4.79 Å². The van der Waals surface area contributed by atoms with Crippen LogP contribution >= 0.6 is 0 Å². The average Bonchev–Trinajstić information content (AvgIpc) is 2.78. The van der Waals surface area contributed by atoms with Crippen molar-refractivity contribution in [3.63, 3.8) is 0 Å². The summed E-state index contributed by atoms with van der Waals surface area (Å²) in [7, 11) is 0. The van der Waals surface area contributed by atoms with Crippen LogP contribution in [0.25, 0.3) is 0 Å². The van der Waals surface area contributed by atoms with Gasteiger partial charge in [0.15, 0.2) is 0 Å². The summed E-state index contributed by atoms with van der Waals surface area (Å²) in [4.78, 5) is 12.1. The number of unbranched alkanes of at least 4 members (excludes halogenated alkanes) is 5. The molecule has 1 aromatic carbocycles. The van der Waals surface area contributed by atoms with E-state index >= 15 is 0 Å². The Labute approximate surface area is 184 Å². The first-order chi connectivity index (χ1) is 14.7. The van der Waals surface area contributed by atoms with Gasteiger partial charge in [0.05, 0.1) is 18.8 Å². The van der Waals surface area contributed by atoms with Gasteiger partial charge < -0.3 is 9.47 Å². The fraction of sp³-hybridized carbons (Fsp3) is 0.741. The van der Waals surface area contributed by atoms with Gasteiger partial charge in [-0.1, -0.05) is 84.5 Å². The third-order valence-electron chi connectivity index (χ3n) is 6.53. The van der Waals surface area contributed by atoms with Crippen molar-refractivity contribution in [3.8, 4) is 5.75 Å². The molecule has 0 bridgehead atoms. The monoisotopic (exact) mass is 416 g/mol. The number of hydrogen-bond donors (Lipinski definition) is 0. The van der Waals surface area contributed by atoms with E-state index in [1.54, 1.807) is 0 Å².